The Kier molecular flexibility index (Phi) is 5.44. The van der Waals surface area contributed by atoms with Gasteiger partial charge in [-0.05, 0) is 6.92 Å². The Hall–Kier alpha value is -2.56. The van der Waals surface area contributed by atoms with Gasteiger partial charge in [0.25, 0.3) is 5.56 Å². The van der Waals surface area contributed by atoms with Gasteiger partial charge in [-0.1, -0.05) is 11.8 Å². The van der Waals surface area contributed by atoms with Crippen molar-refractivity contribution in [2.75, 3.05) is 19.0 Å². The summed E-state index contributed by atoms with van der Waals surface area (Å²) in [7, 11) is 3.08. The van der Waals surface area contributed by atoms with E-state index in [2.05, 4.69) is 14.7 Å². The number of ether oxygens (including phenoxy) is 2. The molecule has 0 unspecified atom stereocenters. The highest BCUT2D eigenvalue weighted by molar-refractivity contribution is 7.99. The molecule has 0 aliphatic carbocycles. The van der Waals surface area contributed by atoms with Gasteiger partial charge in [0, 0.05) is 14.1 Å². The number of nitrogens with one attached hydrogen (secondary N) is 1. The smallest absolute Gasteiger partial charge is 0.344 e. The van der Waals surface area contributed by atoms with Crippen LogP contribution in [0.25, 0.3) is 11.2 Å². The number of nitrogens with zero attached hydrogens (tertiary/aromatic N) is 3. The average Bonchev–Trinajstić information content (AvgIpc) is 2.86. The molecule has 24 heavy (non-hydrogen) atoms. The van der Waals surface area contributed by atoms with E-state index in [4.69, 9.17) is 4.74 Å². The number of esters is 2. The summed E-state index contributed by atoms with van der Waals surface area (Å²) in [6, 6.07) is 0. The number of aryl methyl sites for hydroxylation is 2. The lowest BCUT2D eigenvalue weighted by Gasteiger charge is -2.04. The number of rotatable bonds is 6. The molecule has 0 fully saturated rings. The highest BCUT2D eigenvalue weighted by atomic mass is 32.2. The second-order valence-electron chi connectivity index (χ2n) is 4.70. The molecular formula is C13H16N4O6S. The highest BCUT2D eigenvalue weighted by Gasteiger charge is 2.17. The molecule has 0 aromatic carbocycles. The largest absolute Gasteiger partial charge is 0.463 e. The lowest BCUT2D eigenvalue weighted by Crippen LogP contribution is -2.29. The zero-order valence-electron chi connectivity index (χ0n) is 13.3. The van der Waals surface area contributed by atoms with Gasteiger partial charge >= 0.3 is 17.6 Å². The Morgan fingerprint density at radius 2 is 1.88 bits per heavy atom. The van der Waals surface area contributed by atoms with E-state index in [9.17, 15) is 19.2 Å². The number of aromatic amines is 1. The van der Waals surface area contributed by atoms with Gasteiger partial charge in [-0.15, -0.1) is 0 Å². The predicted molar refractivity (Wildman–Crippen MR) is 84.9 cm³/mol. The number of carbonyl (C=O) groups is 2. The second kappa shape index (κ2) is 7.34. The zero-order valence-corrected chi connectivity index (χ0v) is 14.1. The number of hydrogen-bond acceptors (Lipinski definition) is 8. The van der Waals surface area contributed by atoms with E-state index in [-0.39, 0.29) is 23.5 Å². The molecule has 11 heteroatoms. The minimum atomic E-state index is -0.625. The second-order valence-corrected chi connectivity index (χ2v) is 5.64. The van der Waals surface area contributed by atoms with Gasteiger partial charge in [0.2, 0.25) is 0 Å². The molecule has 0 aliphatic heterocycles. The number of H-pyrrole nitrogens is 1. The predicted octanol–water partition coefficient (Wildman–Crippen LogP) is -0.841. The summed E-state index contributed by atoms with van der Waals surface area (Å²) in [6.07, 6.45) is 0. The van der Waals surface area contributed by atoms with E-state index in [1.807, 2.05) is 0 Å². The van der Waals surface area contributed by atoms with E-state index in [0.29, 0.717) is 5.16 Å². The van der Waals surface area contributed by atoms with Crippen LogP contribution in [-0.2, 0) is 33.2 Å². The van der Waals surface area contributed by atoms with E-state index >= 15 is 0 Å². The molecule has 0 saturated carbocycles. The first kappa shape index (κ1) is 17.8. The van der Waals surface area contributed by atoms with Crippen molar-refractivity contribution in [2.24, 2.45) is 14.1 Å². The summed E-state index contributed by atoms with van der Waals surface area (Å²) in [5.41, 5.74) is -0.691. The normalized spacial score (nSPS) is 10.8. The first-order valence-corrected chi connectivity index (χ1v) is 7.93. The van der Waals surface area contributed by atoms with Crippen LogP contribution in [0.4, 0.5) is 0 Å². The maximum atomic E-state index is 11.9. The minimum Gasteiger partial charge on any atom is -0.463 e. The first-order chi connectivity index (χ1) is 11.3. The Morgan fingerprint density at radius 1 is 1.17 bits per heavy atom. The molecule has 130 valence electrons. The van der Waals surface area contributed by atoms with Crippen LogP contribution in [0.1, 0.15) is 6.92 Å². The summed E-state index contributed by atoms with van der Waals surface area (Å²) in [5, 5.41) is 0.366. The van der Waals surface area contributed by atoms with Crippen molar-refractivity contribution >= 4 is 34.9 Å². The van der Waals surface area contributed by atoms with Gasteiger partial charge in [0.15, 0.2) is 22.9 Å². The molecule has 0 spiro atoms. The number of carbonyl (C=O) groups excluding carboxylic acids is 2. The molecule has 2 aromatic rings. The van der Waals surface area contributed by atoms with Crippen LogP contribution in [0.3, 0.4) is 0 Å². The van der Waals surface area contributed by atoms with E-state index in [0.717, 1.165) is 11.8 Å². The number of thioether (sulfide) groups is 1. The van der Waals surface area contributed by atoms with Crippen molar-refractivity contribution in [3.05, 3.63) is 20.8 Å². The van der Waals surface area contributed by atoms with Crippen LogP contribution in [0.2, 0.25) is 0 Å². The van der Waals surface area contributed by atoms with Crippen LogP contribution in [0, 0.1) is 0 Å². The molecule has 0 aliphatic rings. The molecule has 0 saturated heterocycles. The van der Waals surface area contributed by atoms with Crippen molar-refractivity contribution in [2.45, 2.75) is 12.1 Å². The maximum Gasteiger partial charge on any atom is 0.344 e. The van der Waals surface area contributed by atoms with Gasteiger partial charge in [0.05, 0.1) is 12.4 Å². The molecule has 2 rings (SSSR count). The van der Waals surface area contributed by atoms with Gasteiger partial charge in [-0.3, -0.25) is 19.1 Å². The number of imidazole rings is 1. The summed E-state index contributed by atoms with van der Waals surface area (Å²) in [4.78, 5) is 52.6. The van der Waals surface area contributed by atoms with Gasteiger partial charge in [0.1, 0.15) is 0 Å². The topological polar surface area (TPSA) is 125 Å². The highest BCUT2D eigenvalue weighted by Crippen LogP contribution is 2.19. The van der Waals surface area contributed by atoms with E-state index in [1.54, 1.807) is 14.0 Å². The monoisotopic (exact) mass is 356 g/mol. The lowest BCUT2D eigenvalue weighted by atomic mass is 10.5. The molecule has 1 N–H and O–H groups in total. The maximum absolute atomic E-state index is 11.9. The van der Waals surface area contributed by atoms with Crippen molar-refractivity contribution in [1.29, 1.82) is 0 Å². The summed E-state index contributed by atoms with van der Waals surface area (Å²) in [6.45, 7) is 1.40. The number of aromatic nitrogens is 4. The summed E-state index contributed by atoms with van der Waals surface area (Å²) >= 11 is 1.03. The Balaban J connectivity index is 2.10. The third kappa shape index (κ3) is 3.67. The van der Waals surface area contributed by atoms with Crippen molar-refractivity contribution in [3.8, 4) is 0 Å². The van der Waals surface area contributed by atoms with Crippen molar-refractivity contribution in [1.82, 2.24) is 19.1 Å². The quantitative estimate of drug-likeness (QED) is 0.524. The molecule has 2 aromatic heterocycles. The van der Waals surface area contributed by atoms with Crippen LogP contribution in [-0.4, -0.2) is 50.0 Å². The summed E-state index contributed by atoms with van der Waals surface area (Å²) in [5.74, 6) is -1.36. The molecule has 2 heterocycles. The van der Waals surface area contributed by atoms with Gasteiger partial charge < -0.3 is 14.0 Å². The zero-order chi connectivity index (χ0) is 17.9. The lowest BCUT2D eigenvalue weighted by molar-refractivity contribution is -0.156. The Morgan fingerprint density at radius 3 is 2.54 bits per heavy atom. The summed E-state index contributed by atoms with van der Waals surface area (Å²) < 4.78 is 12.1. The fraction of sp³-hybridized carbons (Fsp3) is 0.462. The van der Waals surface area contributed by atoms with Crippen LogP contribution < -0.4 is 11.2 Å². The molecule has 0 radical (unpaired) electrons. The first-order valence-electron chi connectivity index (χ1n) is 6.95. The standard InChI is InChI=1S/C13H16N4O6S/c1-4-22-7(18)5-23-8(19)6-24-13-14-10-9(16(13)2)11(20)15-12(21)17(10)3/h4-6H2,1-3H3,(H,15,20,21). The molecule has 0 bridgehead atoms. The third-order valence-electron chi connectivity index (χ3n) is 3.07. The fourth-order valence-electron chi connectivity index (χ4n) is 1.92. The van der Waals surface area contributed by atoms with E-state index in [1.165, 1.54) is 16.2 Å². The molecule has 0 amide bonds. The molecular weight excluding hydrogens is 340 g/mol. The molecule has 0 atom stereocenters. The SMILES string of the molecule is CCOC(=O)COC(=O)CSc1nc2c(c(=O)[nH]c(=O)n2C)n1C. The van der Waals surface area contributed by atoms with Crippen LogP contribution in [0.5, 0.6) is 0 Å². The Bertz CT molecular complexity index is 896. The van der Waals surface area contributed by atoms with E-state index < -0.39 is 29.8 Å². The minimum absolute atomic E-state index is 0.109. The fourth-order valence-corrected chi connectivity index (χ4v) is 2.69. The molecule has 10 nitrogen and oxygen atoms in total. The number of fused-ring (bicyclic) bond motifs is 1. The average molecular weight is 356 g/mol. The van der Waals surface area contributed by atoms with Gasteiger partial charge in [-0.2, -0.15) is 0 Å². The third-order valence-corrected chi connectivity index (χ3v) is 4.07. The van der Waals surface area contributed by atoms with Crippen molar-refractivity contribution < 1.29 is 19.1 Å². The van der Waals surface area contributed by atoms with Crippen molar-refractivity contribution in [3.63, 3.8) is 0 Å². The Labute approximate surface area is 139 Å². The number of hydrogen-bond donors (Lipinski definition) is 1. The van der Waals surface area contributed by atoms with Crippen LogP contribution in [0.15, 0.2) is 14.7 Å². The van der Waals surface area contributed by atoms with Gasteiger partial charge in [-0.25, -0.2) is 14.6 Å². The van der Waals surface area contributed by atoms with Crippen LogP contribution >= 0.6 is 11.8 Å².